The van der Waals surface area contributed by atoms with Crippen LogP contribution in [-0.4, -0.2) is 53.5 Å². The van der Waals surface area contributed by atoms with Crippen LogP contribution >= 0.6 is 0 Å². The molecule has 0 bridgehead atoms. The number of unbranched alkanes of at least 4 members (excludes halogenated alkanes) is 1. The van der Waals surface area contributed by atoms with Gasteiger partial charge in [0.15, 0.2) is 0 Å². The number of nitrogens with two attached hydrogens (primary N) is 3. The largest absolute Gasteiger partial charge is 0.480 e. The van der Waals surface area contributed by atoms with Crippen molar-refractivity contribution in [2.75, 3.05) is 6.54 Å². The van der Waals surface area contributed by atoms with Crippen molar-refractivity contribution in [3.8, 4) is 0 Å². The van der Waals surface area contributed by atoms with Crippen LogP contribution < -0.4 is 27.8 Å². The average molecular weight is 373 g/mol. The zero-order valence-electron chi connectivity index (χ0n) is 15.4. The van der Waals surface area contributed by atoms with Crippen LogP contribution in [0.4, 0.5) is 0 Å². The molecule has 10 nitrogen and oxygen atoms in total. The Morgan fingerprint density at radius 2 is 1.62 bits per heavy atom. The molecule has 4 unspecified atom stereocenters. The first-order valence-electron chi connectivity index (χ1n) is 8.71. The van der Waals surface area contributed by atoms with Gasteiger partial charge in [-0.1, -0.05) is 20.3 Å². The van der Waals surface area contributed by atoms with Crippen LogP contribution in [-0.2, 0) is 19.2 Å². The summed E-state index contributed by atoms with van der Waals surface area (Å²) in [7, 11) is 0. The van der Waals surface area contributed by atoms with Crippen molar-refractivity contribution in [3.05, 3.63) is 0 Å². The van der Waals surface area contributed by atoms with Gasteiger partial charge in [0.1, 0.15) is 12.1 Å². The van der Waals surface area contributed by atoms with Gasteiger partial charge >= 0.3 is 5.97 Å². The molecule has 0 rings (SSSR count). The Kier molecular flexibility index (Phi) is 11.2. The summed E-state index contributed by atoms with van der Waals surface area (Å²) >= 11 is 0. The Morgan fingerprint density at radius 1 is 1.04 bits per heavy atom. The van der Waals surface area contributed by atoms with Crippen molar-refractivity contribution in [2.45, 2.75) is 64.1 Å². The van der Waals surface area contributed by atoms with E-state index in [4.69, 9.17) is 17.2 Å². The normalized spacial score (nSPS) is 15.4. The number of primary amides is 1. The van der Waals surface area contributed by atoms with E-state index in [0.717, 1.165) is 0 Å². The van der Waals surface area contributed by atoms with Crippen LogP contribution in [0.1, 0.15) is 46.0 Å². The minimum Gasteiger partial charge on any atom is -0.480 e. The van der Waals surface area contributed by atoms with E-state index in [1.54, 1.807) is 6.92 Å². The highest BCUT2D eigenvalue weighted by atomic mass is 16.4. The van der Waals surface area contributed by atoms with Crippen LogP contribution in [0.25, 0.3) is 0 Å². The second-order valence-electron chi connectivity index (χ2n) is 6.33. The number of carbonyl (C=O) groups excluding carboxylic acids is 3. The van der Waals surface area contributed by atoms with E-state index in [1.165, 1.54) is 0 Å². The molecule has 0 saturated carbocycles. The first kappa shape index (κ1) is 23.8. The molecule has 10 heteroatoms. The van der Waals surface area contributed by atoms with E-state index in [9.17, 15) is 24.3 Å². The van der Waals surface area contributed by atoms with Crippen molar-refractivity contribution >= 4 is 23.7 Å². The van der Waals surface area contributed by atoms with Gasteiger partial charge < -0.3 is 32.9 Å². The average Bonchev–Trinajstić information content (AvgIpc) is 2.58. The van der Waals surface area contributed by atoms with Gasteiger partial charge in [0.25, 0.3) is 0 Å². The Balaban J connectivity index is 5.03. The van der Waals surface area contributed by atoms with Crippen LogP contribution in [0, 0.1) is 5.92 Å². The van der Waals surface area contributed by atoms with Gasteiger partial charge in [-0.25, -0.2) is 4.79 Å². The number of hydrogen-bond acceptors (Lipinski definition) is 6. The fraction of sp³-hybridized carbons (Fsp3) is 0.750. The van der Waals surface area contributed by atoms with Crippen molar-refractivity contribution in [2.24, 2.45) is 23.1 Å². The van der Waals surface area contributed by atoms with Gasteiger partial charge in [0.2, 0.25) is 17.7 Å². The van der Waals surface area contributed by atoms with Crippen LogP contribution in [0.2, 0.25) is 0 Å². The van der Waals surface area contributed by atoms with E-state index >= 15 is 0 Å². The highest BCUT2D eigenvalue weighted by Crippen LogP contribution is 2.07. The van der Waals surface area contributed by atoms with Gasteiger partial charge in [-0.15, -0.1) is 0 Å². The molecule has 0 aromatic heterocycles. The maximum absolute atomic E-state index is 12.4. The zero-order valence-corrected chi connectivity index (χ0v) is 15.4. The summed E-state index contributed by atoms with van der Waals surface area (Å²) in [6.45, 7) is 4.06. The molecular formula is C16H31N5O5. The molecule has 26 heavy (non-hydrogen) atoms. The van der Waals surface area contributed by atoms with Gasteiger partial charge in [-0.3, -0.25) is 14.4 Å². The second-order valence-corrected chi connectivity index (χ2v) is 6.33. The Morgan fingerprint density at radius 3 is 2.08 bits per heavy atom. The molecule has 0 saturated heterocycles. The maximum atomic E-state index is 12.4. The molecule has 0 aliphatic heterocycles. The van der Waals surface area contributed by atoms with Gasteiger partial charge in [-0.05, 0) is 31.7 Å². The molecule has 0 fully saturated rings. The van der Waals surface area contributed by atoms with Gasteiger partial charge in [-0.2, -0.15) is 0 Å². The molecule has 9 N–H and O–H groups in total. The Hall–Kier alpha value is -2.20. The molecule has 0 aromatic rings. The van der Waals surface area contributed by atoms with Crippen molar-refractivity contribution < 1.29 is 24.3 Å². The highest BCUT2D eigenvalue weighted by molar-refractivity contribution is 5.94. The van der Waals surface area contributed by atoms with Crippen molar-refractivity contribution in [3.63, 3.8) is 0 Å². The topological polar surface area (TPSA) is 191 Å². The van der Waals surface area contributed by atoms with E-state index in [2.05, 4.69) is 10.6 Å². The Bertz CT molecular complexity index is 499. The summed E-state index contributed by atoms with van der Waals surface area (Å²) < 4.78 is 0. The summed E-state index contributed by atoms with van der Waals surface area (Å²) in [6, 6.07) is -3.29. The SMILES string of the molecule is CCC(C)C(N)C(=O)NC(CC(N)=O)C(=O)NC(CCCCN)C(=O)O. The lowest BCUT2D eigenvalue weighted by atomic mass is 9.99. The summed E-state index contributed by atoms with van der Waals surface area (Å²) in [4.78, 5) is 47.0. The monoisotopic (exact) mass is 373 g/mol. The lowest BCUT2D eigenvalue weighted by molar-refractivity contribution is -0.142. The summed E-state index contributed by atoms with van der Waals surface area (Å²) in [5.74, 6) is -3.55. The van der Waals surface area contributed by atoms with Crippen LogP contribution in [0.3, 0.4) is 0 Å². The number of carbonyl (C=O) groups is 4. The van der Waals surface area contributed by atoms with E-state index in [1.807, 2.05) is 6.92 Å². The van der Waals surface area contributed by atoms with Crippen LogP contribution in [0.5, 0.6) is 0 Å². The quantitative estimate of drug-likeness (QED) is 0.210. The zero-order chi connectivity index (χ0) is 20.3. The number of rotatable bonds is 13. The van der Waals surface area contributed by atoms with E-state index in [-0.39, 0.29) is 12.3 Å². The maximum Gasteiger partial charge on any atom is 0.326 e. The molecule has 0 radical (unpaired) electrons. The molecule has 0 heterocycles. The van der Waals surface area contributed by atoms with Crippen LogP contribution in [0.15, 0.2) is 0 Å². The first-order chi connectivity index (χ1) is 12.1. The summed E-state index contributed by atoms with van der Waals surface area (Å²) in [6.07, 6.45) is 1.51. The highest BCUT2D eigenvalue weighted by Gasteiger charge is 2.29. The number of aliphatic carboxylic acids is 1. The molecule has 0 aliphatic rings. The number of nitrogens with one attached hydrogen (secondary N) is 2. The minimum atomic E-state index is -1.29. The van der Waals surface area contributed by atoms with Gasteiger partial charge in [0.05, 0.1) is 12.5 Å². The number of carboxylic acid groups (broad SMARTS) is 1. The number of amides is 3. The van der Waals surface area contributed by atoms with Crippen molar-refractivity contribution in [1.82, 2.24) is 10.6 Å². The standard InChI is InChI=1S/C16H31N5O5/c1-3-9(2)13(19)15(24)21-11(8-12(18)22)14(23)20-10(16(25)26)6-4-5-7-17/h9-11,13H,3-8,17,19H2,1-2H3,(H2,18,22)(H,20,23)(H,21,24)(H,25,26). The molecule has 0 spiro atoms. The lowest BCUT2D eigenvalue weighted by Crippen LogP contribution is -2.56. The lowest BCUT2D eigenvalue weighted by Gasteiger charge is -2.24. The molecule has 0 aromatic carbocycles. The smallest absolute Gasteiger partial charge is 0.326 e. The molecule has 0 aliphatic carbocycles. The minimum absolute atomic E-state index is 0.129. The third-order valence-corrected chi connectivity index (χ3v) is 4.16. The molecule has 4 atom stereocenters. The fourth-order valence-corrected chi connectivity index (χ4v) is 2.21. The summed E-state index contributed by atoms with van der Waals surface area (Å²) in [5.41, 5.74) is 16.3. The summed E-state index contributed by atoms with van der Waals surface area (Å²) in [5, 5.41) is 13.9. The molecule has 3 amide bonds. The molecular weight excluding hydrogens is 342 g/mol. The predicted molar refractivity (Wildman–Crippen MR) is 95.6 cm³/mol. The van der Waals surface area contributed by atoms with Crippen molar-refractivity contribution in [1.29, 1.82) is 0 Å². The van der Waals surface area contributed by atoms with Gasteiger partial charge in [0, 0.05) is 0 Å². The molecule has 150 valence electrons. The third-order valence-electron chi connectivity index (χ3n) is 4.16. The van der Waals surface area contributed by atoms with E-state index < -0.39 is 48.2 Å². The Labute approximate surface area is 153 Å². The fourth-order valence-electron chi connectivity index (χ4n) is 2.21. The first-order valence-corrected chi connectivity index (χ1v) is 8.71. The number of carboxylic acids is 1. The van der Waals surface area contributed by atoms with E-state index in [0.29, 0.717) is 25.8 Å². The predicted octanol–water partition coefficient (Wildman–Crippen LogP) is -1.58. The third kappa shape index (κ3) is 8.77. The second kappa shape index (κ2) is 12.2. The number of hydrogen-bond donors (Lipinski definition) is 6.